The molecule has 132 valence electrons. The Bertz CT molecular complexity index is 644. The van der Waals surface area contributed by atoms with Crippen LogP contribution in [0.1, 0.15) is 23.2 Å². The molecule has 1 fully saturated rings. The Labute approximate surface area is 133 Å². The van der Waals surface area contributed by atoms with Crippen LogP contribution in [0, 0.1) is 5.92 Å². The molecule has 0 aromatic carbocycles. The van der Waals surface area contributed by atoms with Gasteiger partial charge in [-0.3, -0.25) is 4.79 Å². The van der Waals surface area contributed by atoms with Crippen LogP contribution in [0.15, 0.2) is 12.3 Å². The van der Waals surface area contributed by atoms with E-state index in [1.807, 2.05) is 0 Å². The zero-order valence-corrected chi connectivity index (χ0v) is 12.4. The molecule has 0 aliphatic heterocycles. The van der Waals surface area contributed by atoms with Crippen LogP contribution >= 0.6 is 0 Å². The average Bonchev–Trinajstić information content (AvgIpc) is 3.31. The van der Waals surface area contributed by atoms with E-state index >= 15 is 0 Å². The largest absolute Gasteiger partial charge is 0.490 e. The van der Waals surface area contributed by atoms with Crippen LogP contribution < -0.4 is 11.1 Å². The Balaban J connectivity index is 0.000000351. The third kappa shape index (κ3) is 5.74. The minimum Gasteiger partial charge on any atom is -0.475 e. The van der Waals surface area contributed by atoms with Gasteiger partial charge in [0.15, 0.2) is 0 Å². The highest BCUT2D eigenvalue weighted by Gasteiger charge is 2.38. The first-order valence-electron chi connectivity index (χ1n) is 6.51. The maximum atomic E-state index is 11.5. The number of ether oxygens (including phenoxy) is 1. The van der Waals surface area contributed by atoms with Crippen molar-refractivity contribution in [1.29, 1.82) is 0 Å². The number of pyridine rings is 1. The summed E-state index contributed by atoms with van der Waals surface area (Å²) >= 11 is 0. The molecule has 11 heteroatoms. The number of carbonyl (C=O) groups is 3. The highest BCUT2D eigenvalue weighted by atomic mass is 19.4. The molecule has 24 heavy (non-hydrogen) atoms. The second kappa shape index (κ2) is 7.62. The molecule has 1 amide bonds. The number of halogens is 3. The summed E-state index contributed by atoms with van der Waals surface area (Å²) in [7, 11) is 1.27. The molecular formula is C13H14F3N3O5. The van der Waals surface area contributed by atoms with Gasteiger partial charge in [-0.2, -0.15) is 13.2 Å². The molecule has 0 saturated heterocycles. The van der Waals surface area contributed by atoms with Gasteiger partial charge in [0.2, 0.25) is 5.91 Å². The average molecular weight is 349 g/mol. The SMILES string of the molecule is COC(=O)c1cnc(NC(=O)C2CC2)cc1N.O=C(O)C(F)(F)F. The van der Waals surface area contributed by atoms with Gasteiger partial charge in [-0.15, -0.1) is 0 Å². The maximum Gasteiger partial charge on any atom is 0.490 e. The Morgan fingerprint density at radius 3 is 2.29 bits per heavy atom. The van der Waals surface area contributed by atoms with E-state index in [0.29, 0.717) is 5.82 Å². The van der Waals surface area contributed by atoms with Crippen molar-refractivity contribution in [3.63, 3.8) is 0 Å². The number of amides is 1. The molecule has 1 saturated carbocycles. The Morgan fingerprint density at radius 2 is 1.92 bits per heavy atom. The molecule has 0 spiro atoms. The highest BCUT2D eigenvalue weighted by Crippen LogP contribution is 2.30. The lowest BCUT2D eigenvalue weighted by Gasteiger charge is -2.07. The van der Waals surface area contributed by atoms with Crippen LogP contribution in [0.3, 0.4) is 0 Å². The number of carbonyl (C=O) groups excluding carboxylic acids is 2. The summed E-state index contributed by atoms with van der Waals surface area (Å²) in [5.74, 6) is -2.91. The number of esters is 1. The summed E-state index contributed by atoms with van der Waals surface area (Å²) < 4.78 is 36.3. The van der Waals surface area contributed by atoms with Gasteiger partial charge in [0.05, 0.1) is 12.8 Å². The first-order valence-corrected chi connectivity index (χ1v) is 6.51. The van der Waals surface area contributed by atoms with Crippen LogP contribution in [-0.2, 0) is 14.3 Å². The van der Waals surface area contributed by atoms with Gasteiger partial charge >= 0.3 is 18.1 Å². The van der Waals surface area contributed by atoms with Crippen molar-refractivity contribution in [3.05, 3.63) is 17.8 Å². The normalized spacial score (nSPS) is 13.3. The minimum absolute atomic E-state index is 0.0530. The van der Waals surface area contributed by atoms with E-state index < -0.39 is 18.1 Å². The Morgan fingerprint density at radius 1 is 1.38 bits per heavy atom. The summed E-state index contributed by atoms with van der Waals surface area (Å²) in [4.78, 5) is 35.6. The van der Waals surface area contributed by atoms with Gasteiger partial charge in [-0.25, -0.2) is 14.6 Å². The number of rotatable bonds is 3. The number of aliphatic carboxylic acids is 1. The summed E-state index contributed by atoms with van der Waals surface area (Å²) in [6.45, 7) is 0. The second-order valence-electron chi connectivity index (χ2n) is 4.71. The van der Waals surface area contributed by atoms with Crippen LogP contribution in [0.25, 0.3) is 0 Å². The summed E-state index contributed by atoms with van der Waals surface area (Å²) in [6, 6.07) is 1.45. The van der Waals surface area contributed by atoms with Crippen LogP contribution in [0.4, 0.5) is 24.7 Å². The molecule has 0 atom stereocenters. The number of nitrogens with one attached hydrogen (secondary N) is 1. The van der Waals surface area contributed by atoms with Crippen molar-refractivity contribution < 1.29 is 37.4 Å². The van der Waals surface area contributed by atoms with Gasteiger partial charge in [-0.05, 0) is 12.8 Å². The molecule has 1 aliphatic carbocycles. The fourth-order valence-corrected chi connectivity index (χ4v) is 1.39. The van der Waals surface area contributed by atoms with Crippen LogP contribution in [0.5, 0.6) is 0 Å². The van der Waals surface area contributed by atoms with Gasteiger partial charge in [0.25, 0.3) is 0 Å². The fourth-order valence-electron chi connectivity index (χ4n) is 1.39. The lowest BCUT2D eigenvalue weighted by atomic mass is 10.2. The molecule has 0 unspecified atom stereocenters. The third-order valence-corrected chi connectivity index (χ3v) is 2.78. The van der Waals surface area contributed by atoms with Crippen LogP contribution in [0.2, 0.25) is 0 Å². The van der Waals surface area contributed by atoms with Crippen molar-refractivity contribution in [2.45, 2.75) is 19.0 Å². The van der Waals surface area contributed by atoms with E-state index in [2.05, 4.69) is 15.0 Å². The topological polar surface area (TPSA) is 132 Å². The van der Waals surface area contributed by atoms with E-state index in [4.69, 9.17) is 15.6 Å². The van der Waals surface area contributed by atoms with Gasteiger partial charge in [-0.1, -0.05) is 0 Å². The molecular weight excluding hydrogens is 335 g/mol. The molecule has 1 heterocycles. The number of nitrogens with two attached hydrogens (primary N) is 1. The summed E-state index contributed by atoms with van der Waals surface area (Å²) in [5, 5.41) is 9.77. The summed E-state index contributed by atoms with van der Waals surface area (Å²) in [6.07, 6.45) is -1.95. The van der Waals surface area contributed by atoms with E-state index in [9.17, 15) is 22.8 Å². The minimum atomic E-state index is -5.08. The Hall–Kier alpha value is -2.85. The lowest BCUT2D eigenvalue weighted by molar-refractivity contribution is -0.192. The second-order valence-corrected chi connectivity index (χ2v) is 4.71. The number of nitrogens with zero attached hydrogens (tertiary/aromatic N) is 1. The number of hydrogen-bond donors (Lipinski definition) is 3. The number of nitrogen functional groups attached to an aromatic ring is 1. The highest BCUT2D eigenvalue weighted by molar-refractivity contribution is 5.97. The zero-order chi connectivity index (χ0) is 18.5. The number of carboxylic acids is 1. The first-order chi connectivity index (χ1) is 11.1. The predicted octanol–water partition coefficient (Wildman–Crippen LogP) is 1.43. The van der Waals surface area contributed by atoms with Gasteiger partial charge in [0.1, 0.15) is 11.4 Å². The molecule has 0 radical (unpaired) electrons. The number of anilines is 2. The number of alkyl halides is 3. The first kappa shape index (κ1) is 19.2. The van der Waals surface area contributed by atoms with Gasteiger partial charge in [0, 0.05) is 18.2 Å². The summed E-state index contributed by atoms with van der Waals surface area (Å²) in [5.41, 5.74) is 6.10. The van der Waals surface area contributed by atoms with Crippen LogP contribution in [-0.4, -0.2) is 41.2 Å². The monoisotopic (exact) mass is 349 g/mol. The molecule has 2 rings (SSSR count). The number of methoxy groups -OCH3 is 1. The maximum absolute atomic E-state index is 11.5. The smallest absolute Gasteiger partial charge is 0.475 e. The Kier molecular flexibility index (Phi) is 6.09. The van der Waals surface area contributed by atoms with Crippen molar-refractivity contribution in [2.24, 2.45) is 5.92 Å². The van der Waals surface area contributed by atoms with E-state index in [1.165, 1.54) is 19.4 Å². The van der Waals surface area contributed by atoms with Crippen molar-refractivity contribution >= 4 is 29.4 Å². The number of carboxylic acid groups (broad SMARTS) is 1. The number of aromatic nitrogens is 1. The molecule has 8 nitrogen and oxygen atoms in total. The molecule has 4 N–H and O–H groups in total. The predicted molar refractivity (Wildman–Crippen MR) is 75.0 cm³/mol. The van der Waals surface area contributed by atoms with E-state index in [-0.39, 0.29) is 23.1 Å². The standard InChI is InChI=1S/C11H13N3O3.C2HF3O2/c1-17-11(16)7-5-13-9(4-8(7)12)14-10(15)6-2-3-6;3-2(4,5)1(6)7/h4-6H,2-3H2,1H3,(H3,12,13,14,15);(H,6,7). The lowest BCUT2D eigenvalue weighted by Crippen LogP contribution is -2.21. The quantitative estimate of drug-likeness (QED) is 0.703. The number of hydrogen-bond acceptors (Lipinski definition) is 6. The molecule has 1 aromatic heterocycles. The zero-order valence-electron chi connectivity index (χ0n) is 12.4. The van der Waals surface area contributed by atoms with Crippen molar-refractivity contribution in [3.8, 4) is 0 Å². The molecule has 1 aromatic rings. The van der Waals surface area contributed by atoms with E-state index in [0.717, 1.165) is 12.8 Å². The third-order valence-electron chi connectivity index (χ3n) is 2.78. The van der Waals surface area contributed by atoms with Crippen molar-refractivity contribution in [2.75, 3.05) is 18.2 Å². The fraction of sp³-hybridized carbons (Fsp3) is 0.385. The van der Waals surface area contributed by atoms with Gasteiger partial charge < -0.3 is 20.9 Å². The molecule has 1 aliphatic rings. The van der Waals surface area contributed by atoms with E-state index in [1.54, 1.807) is 0 Å². The van der Waals surface area contributed by atoms with Crippen molar-refractivity contribution in [1.82, 2.24) is 4.98 Å². The molecule has 0 bridgehead atoms.